The van der Waals surface area contributed by atoms with Crippen molar-refractivity contribution < 1.29 is 22.7 Å². The van der Waals surface area contributed by atoms with E-state index in [2.05, 4.69) is 20.3 Å². The zero-order valence-electron chi connectivity index (χ0n) is 16.7. The molecule has 4 aromatic rings. The van der Waals surface area contributed by atoms with Crippen molar-refractivity contribution in [3.8, 4) is 17.4 Å². The smallest absolute Gasteiger partial charge is 0.416 e. The minimum Gasteiger partial charge on any atom is -0.439 e. The minimum atomic E-state index is -4.52. The van der Waals surface area contributed by atoms with Gasteiger partial charge in [-0.2, -0.15) is 18.2 Å². The standard InChI is InChI=1S/C22H16F3N5O2/c1-14-27-19(30-10-9-26-13-30)12-20(28-14)32-18-7-5-17(6-8-18)29-21(31)15-3-2-4-16(11-15)22(23,24)25/h2-13H,1H3,(H,29,31). The van der Waals surface area contributed by atoms with E-state index in [0.29, 0.717) is 29.0 Å². The summed E-state index contributed by atoms with van der Waals surface area (Å²) < 4.78 is 46.0. The molecule has 0 bridgehead atoms. The molecule has 0 atom stereocenters. The van der Waals surface area contributed by atoms with Gasteiger partial charge >= 0.3 is 6.18 Å². The second-order valence-electron chi connectivity index (χ2n) is 6.74. The van der Waals surface area contributed by atoms with E-state index >= 15 is 0 Å². The number of anilines is 1. The quantitative estimate of drug-likeness (QED) is 0.472. The summed E-state index contributed by atoms with van der Waals surface area (Å²) in [6, 6.07) is 12.2. The maximum Gasteiger partial charge on any atom is 0.416 e. The van der Waals surface area contributed by atoms with E-state index in [1.165, 1.54) is 12.1 Å². The highest BCUT2D eigenvalue weighted by Gasteiger charge is 2.30. The van der Waals surface area contributed by atoms with Crippen LogP contribution in [-0.4, -0.2) is 25.4 Å². The Morgan fingerprint density at radius 2 is 1.84 bits per heavy atom. The molecule has 0 fully saturated rings. The van der Waals surface area contributed by atoms with Gasteiger partial charge < -0.3 is 10.1 Å². The molecule has 1 N–H and O–H groups in total. The Bertz CT molecular complexity index is 1240. The van der Waals surface area contributed by atoms with E-state index in [-0.39, 0.29) is 5.56 Å². The Morgan fingerprint density at radius 3 is 2.53 bits per heavy atom. The number of aromatic nitrogens is 4. The number of amides is 1. The summed E-state index contributed by atoms with van der Waals surface area (Å²) in [5.74, 6) is 1.23. The van der Waals surface area contributed by atoms with Crippen molar-refractivity contribution in [1.82, 2.24) is 19.5 Å². The van der Waals surface area contributed by atoms with Gasteiger partial charge in [0.2, 0.25) is 5.88 Å². The van der Waals surface area contributed by atoms with Crippen LogP contribution < -0.4 is 10.1 Å². The molecule has 2 heterocycles. The van der Waals surface area contributed by atoms with E-state index in [0.717, 1.165) is 12.1 Å². The maximum atomic E-state index is 12.9. The monoisotopic (exact) mass is 439 g/mol. The van der Waals surface area contributed by atoms with Crippen LogP contribution in [0, 0.1) is 6.92 Å². The van der Waals surface area contributed by atoms with Crippen molar-refractivity contribution in [2.75, 3.05) is 5.32 Å². The zero-order chi connectivity index (χ0) is 22.7. The number of carbonyl (C=O) groups excluding carboxylic acids is 1. The third kappa shape index (κ3) is 4.91. The molecule has 0 aliphatic heterocycles. The van der Waals surface area contributed by atoms with Gasteiger partial charge in [0.25, 0.3) is 5.91 Å². The van der Waals surface area contributed by atoms with Crippen LogP contribution in [0.15, 0.2) is 73.3 Å². The summed E-state index contributed by atoms with van der Waals surface area (Å²) >= 11 is 0. The fraction of sp³-hybridized carbons (Fsp3) is 0.0909. The van der Waals surface area contributed by atoms with Gasteiger partial charge in [-0.15, -0.1) is 0 Å². The molecular weight excluding hydrogens is 423 g/mol. The van der Waals surface area contributed by atoms with Gasteiger partial charge in [-0.3, -0.25) is 9.36 Å². The molecule has 0 radical (unpaired) electrons. The number of nitrogens with one attached hydrogen (secondary N) is 1. The SMILES string of the molecule is Cc1nc(Oc2ccc(NC(=O)c3cccc(C(F)(F)F)c3)cc2)cc(-n2ccnc2)n1. The highest BCUT2D eigenvalue weighted by molar-refractivity contribution is 6.04. The summed E-state index contributed by atoms with van der Waals surface area (Å²) in [4.78, 5) is 24.9. The molecule has 4 rings (SSSR count). The molecule has 0 aliphatic rings. The Kier molecular flexibility index (Phi) is 5.59. The molecule has 162 valence electrons. The van der Waals surface area contributed by atoms with Crippen LogP contribution in [0.25, 0.3) is 5.82 Å². The van der Waals surface area contributed by atoms with Gasteiger partial charge in [0.05, 0.1) is 5.56 Å². The van der Waals surface area contributed by atoms with Gasteiger partial charge in [0.1, 0.15) is 23.7 Å². The van der Waals surface area contributed by atoms with Crippen LogP contribution in [-0.2, 0) is 6.18 Å². The number of benzene rings is 2. The molecule has 0 saturated carbocycles. The second kappa shape index (κ2) is 8.50. The average molecular weight is 439 g/mol. The Labute approximate surface area is 180 Å². The lowest BCUT2D eigenvalue weighted by Crippen LogP contribution is -2.13. The topological polar surface area (TPSA) is 81.9 Å². The lowest BCUT2D eigenvalue weighted by Gasteiger charge is -2.10. The number of halogens is 3. The average Bonchev–Trinajstić information content (AvgIpc) is 3.29. The zero-order valence-corrected chi connectivity index (χ0v) is 16.7. The van der Waals surface area contributed by atoms with Gasteiger partial charge in [-0.1, -0.05) is 6.07 Å². The van der Waals surface area contributed by atoms with Crippen molar-refractivity contribution in [3.05, 3.63) is 90.3 Å². The molecule has 2 aromatic carbocycles. The first kappa shape index (κ1) is 21.0. The molecule has 32 heavy (non-hydrogen) atoms. The number of aryl methyl sites for hydroxylation is 1. The molecule has 1 amide bonds. The van der Waals surface area contributed by atoms with Crippen LogP contribution in [0.5, 0.6) is 11.6 Å². The summed E-state index contributed by atoms with van der Waals surface area (Å²) in [5.41, 5.74) is -0.578. The van der Waals surface area contributed by atoms with Crippen molar-refractivity contribution in [1.29, 1.82) is 0 Å². The predicted molar refractivity (Wildman–Crippen MR) is 110 cm³/mol. The first-order chi connectivity index (χ1) is 15.3. The summed E-state index contributed by atoms with van der Waals surface area (Å²) in [6.45, 7) is 1.74. The number of hydrogen-bond donors (Lipinski definition) is 1. The number of hydrogen-bond acceptors (Lipinski definition) is 5. The van der Waals surface area contributed by atoms with Crippen LogP contribution >= 0.6 is 0 Å². The number of alkyl halides is 3. The molecule has 0 unspecified atom stereocenters. The first-order valence-corrected chi connectivity index (χ1v) is 9.38. The maximum absolute atomic E-state index is 12.9. The number of nitrogens with zero attached hydrogens (tertiary/aromatic N) is 4. The van der Waals surface area contributed by atoms with Crippen molar-refractivity contribution in [3.63, 3.8) is 0 Å². The molecule has 0 saturated heterocycles. The molecule has 0 aliphatic carbocycles. The number of imidazole rings is 1. The lowest BCUT2D eigenvalue weighted by atomic mass is 10.1. The number of ether oxygens (including phenoxy) is 1. The van der Waals surface area contributed by atoms with E-state index in [4.69, 9.17) is 4.74 Å². The molecule has 10 heteroatoms. The Hall–Kier alpha value is -4.21. The number of carbonyl (C=O) groups is 1. The van der Waals surface area contributed by atoms with E-state index in [9.17, 15) is 18.0 Å². The third-order valence-corrected chi connectivity index (χ3v) is 4.36. The Balaban J connectivity index is 1.46. The van der Waals surface area contributed by atoms with Crippen LogP contribution in [0.2, 0.25) is 0 Å². The van der Waals surface area contributed by atoms with Gasteiger partial charge in [-0.25, -0.2) is 9.97 Å². The van der Waals surface area contributed by atoms with Gasteiger partial charge in [0.15, 0.2) is 0 Å². The van der Waals surface area contributed by atoms with Crippen molar-refractivity contribution in [2.24, 2.45) is 0 Å². The van der Waals surface area contributed by atoms with Crippen LogP contribution in [0.1, 0.15) is 21.7 Å². The lowest BCUT2D eigenvalue weighted by molar-refractivity contribution is -0.137. The van der Waals surface area contributed by atoms with E-state index in [1.54, 1.807) is 60.5 Å². The fourth-order valence-electron chi connectivity index (χ4n) is 2.87. The summed E-state index contributed by atoms with van der Waals surface area (Å²) in [6.07, 6.45) is 0.456. The fourth-order valence-corrected chi connectivity index (χ4v) is 2.87. The van der Waals surface area contributed by atoms with Gasteiger partial charge in [-0.05, 0) is 49.4 Å². The van der Waals surface area contributed by atoms with Crippen molar-refractivity contribution >= 4 is 11.6 Å². The highest BCUT2D eigenvalue weighted by Crippen LogP contribution is 2.30. The first-order valence-electron chi connectivity index (χ1n) is 9.38. The van der Waals surface area contributed by atoms with E-state index in [1.807, 2.05) is 0 Å². The largest absolute Gasteiger partial charge is 0.439 e. The normalized spacial score (nSPS) is 11.2. The summed E-state index contributed by atoms with van der Waals surface area (Å²) in [7, 11) is 0. The second-order valence-corrected chi connectivity index (χ2v) is 6.74. The summed E-state index contributed by atoms with van der Waals surface area (Å²) in [5, 5.41) is 2.57. The third-order valence-electron chi connectivity index (χ3n) is 4.36. The molecule has 0 spiro atoms. The highest BCUT2D eigenvalue weighted by atomic mass is 19.4. The molecule has 7 nitrogen and oxygen atoms in total. The predicted octanol–water partition coefficient (Wildman–Crippen LogP) is 5.03. The number of rotatable bonds is 5. The van der Waals surface area contributed by atoms with Gasteiger partial charge in [0, 0.05) is 29.7 Å². The van der Waals surface area contributed by atoms with Crippen LogP contribution in [0.4, 0.5) is 18.9 Å². The minimum absolute atomic E-state index is 0.0938. The molecular formula is C22H16F3N5O2. The van der Waals surface area contributed by atoms with Crippen molar-refractivity contribution in [2.45, 2.75) is 13.1 Å². The Morgan fingerprint density at radius 1 is 1.06 bits per heavy atom. The van der Waals surface area contributed by atoms with E-state index < -0.39 is 17.6 Å². The van der Waals surface area contributed by atoms with Crippen LogP contribution in [0.3, 0.4) is 0 Å². The molecule has 2 aromatic heterocycles.